The molecule has 0 fully saturated rings. The zero-order valence-electron chi connectivity index (χ0n) is 14.2. The number of nitrogens with one attached hydrogen (secondary N) is 1. The molecule has 130 valence electrons. The van der Waals surface area contributed by atoms with Crippen molar-refractivity contribution >= 4 is 17.7 Å². The van der Waals surface area contributed by atoms with Crippen LogP contribution in [0.15, 0.2) is 54.1 Å². The number of nitriles is 2. The molecule has 0 radical (unpaired) electrons. The third-order valence-electron chi connectivity index (χ3n) is 3.26. The summed E-state index contributed by atoms with van der Waals surface area (Å²) in [7, 11) is 0. The summed E-state index contributed by atoms with van der Waals surface area (Å²) in [4.78, 5) is 12.3. The molecule has 2 aromatic carbocycles. The lowest BCUT2D eigenvalue weighted by molar-refractivity contribution is -0.112. The zero-order valence-corrected chi connectivity index (χ0v) is 14.2. The third-order valence-corrected chi connectivity index (χ3v) is 3.26. The molecule has 0 aliphatic rings. The summed E-state index contributed by atoms with van der Waals surface area (Å²) in [6.45, 7) is 2.36. The summed E-state index contributed by atoms with van der Waals surface area (Å²) in [5, 5.41) is 20.5. The lowest BCUT2D eigenvalue weighted by Gasteiger charge is -2.07. The van der Waals surface area contributed by atoms with Gasteiger partial charge in [0.2, 0.25) is 0 Å². The van der Waals surface area contributed by atoms with Crippen LogP contribution in [-0.2, 0) is 4.79 Å². The van der Waals surface area contributed by atoms with Gasteiger partial charge in [-0.05, 0) is 42.8 Å². The number of hydrogen-bond acceptors (Lipinski definition) is 5. The molecule has 0 saturated heterocycles. The minimum atomic E-state index is -0.508. The Kier molecular flexibility index (Phi) is 6.79. The van der Waals surface area contributed by atoms with E-state index in [1.54, 1.807) is 48.5 Å². The van der Waals surface area contributed by atoms with Crippen LogP contribution in [0.2, 0.25) is 0 Å². The maximum atomic E-state index is 12.3. The average Bonchev–Trinajstić information content (AvgIpc) is 2.66. The van der Waals surface area contributed by atoms with Crippen molar-refractivity contribution in [3.05, 3.63) is 59.7 Å². The highest BCUT2D eigenvalue weighted by Crippen LogP contribution is 2.19. The number of nitrogens with zero attached hydrogens (tertiary/aromatic N) is 2. The van der Waals surface area contributed by atoms with Gasteiger partial charge in [0.05, 0.1) is 6.61 Å². The highest BCUT2D eigenvalue weighted by atomic mass is 16.5. The molecule has 26 heavy (non-hydrogen) atoms. The second-order valence-corrected chi connectivity index (χ2v) is 5.10. The van der Waals surface area contributed by atoms with Crippen LogP contribution in [0.3, 0.4) is 0 Å². The first kappa shape index (κ1) is 18.6. The average molecular weight is 347 g/mol. The van der Waals surface area contributed by atoms with E-state index in [2.05, 4.69) is 5.32 Å². The molecule has 0 heterocycles. The van der Waals surface area contributed by atoms with Gasteiger partial charge in [-0.1, -0.05) is 18.2 Å². The predicted molar refractivity (Wildman–Crippen MR) is 97.4 cm³/mol. The van der Waals surface area contributed by atoms with E-state index in [4.69, 9.17) is 14.7 Å². The van der Waals surface area contributed by atoms with Gasteiger partial charge >= 0.3 is 0 Å². The standard InChI is InChI=1S/C20H17N3O3/c1-2-25-19-5-3-4-17(13-19)23-20(24)16(14-22)12-15-6-8-18(9-7-15)26-11-10-21/h3-9,12-13H,2,11H2,1H3,(H,23,24)/b16-12-. The Morgan fingerprint density at radius 3 is 2.54 bits per heavy atom. The number of rotatable bonds is 7. The molecule has 0 spiro atoms. The van der Waals surface area contributed by atoms with Crippen LogP contribution in [0.1, 0.15) is 12.5 Å². The van der Waals surface area contributed by atoms with Gasteiger partial charge in [-0.25, -0.2) is 0 Å². The van der Waals surface area contributed by atoms with Crippen LogP contribution in [-0.4, -0.2) is 19.1 Å². The number of hydrogen-bond donors (Lipinski definition) is 1. The SMILES string of the molecule is CCOc1cccc(NC(=O)/C(C#N)=C\c2ccc(OCC#N)cc2)c1. The second-order valence-electron chi connectivity index (χ2n) is 5.10. The summed E-state index contributed by atoms with van der Waals surface area (Å²) in [6.07, 6.45) is 1.48. The molecule has 0 aromatic heterocycles. The summed E-state index contributed by atoms with van der Waals surface area (Å²) in [5.74, 6) is 0.672. The van der Waals surface area contributed by atoms with Gasteiger partial charge in [-0.2, -0.15) is 10.5 Å². The Hall–Kier alpha value is -3.77. The summed E-state index contributed by atoms with van der Waals surface area (Å²) in [6, 6.07) is 17.5. The first-order valence-corrected chi connectivity index (χ1v) is 7.92. The number of carbonyl (C=O) groups is 1. The molecule has 1 amide bonds. The molecule has 6 nitrogen and oxygen atoms in total. The van der Waals surface area contributed by atoms with Crippen molar-refractivity contribution in [1.82, 2.24) is 0 Å². The highest BCUT2D eigenvalue weighted by molar-refractivity contribution is 6.09. The van der Waals surface area contributed by atoms with E-state index in [0.29, 0.717) is 29.4 Å². The quantitative estimate of drug-likeness (QED) is 0.610. The van der Waals surface area contributed by atoms with E-state index in [1.165, 1.54) is 6.08 Å². The minimum Gasteiger partial charge on any atom is -0.494 e. The van der Waals surface area contributed by atoms with Crippen molar-refractivity contribution in [3.8, 4) is 23.6 Å². The topological polar surface area (TPSA) is 95.1 Å². The Bertz CT molecular complexity index is 874. The van der Waals surface area contributed by atoms with Gasteiger partial charge in [-0.3, -0.25) is 4.79 Å². The Balaban J connectivity index is 2.10. The maximum absolute atomic E-state index is 12.3. The van der Waals surface area contributed by atoms with Gasteiger partial charge < -0.3 is 14.8 Å². The Morgan fingerprint density at radius 1 is 1.12 bits per heavy atom. The van der Waals surface area contributed by atoms with Crippen LogP contribution in [0.5, 0.6) is 11.5 Å². The lowest BCUT2D eigenvalue weighted by atomic mass is 10.1. The van der Waals surface area contributed by atoms with Crippen LogP contribution < -0.4 is 14.8 Å². The number of ether oxygens (including phenoxy) is 2. The smallest absolute Gasteiger partial charge is 0.266 e. The van der Waals surface area contributed by atoms with E-state index >= 15 is 0 Å². The number of anilines is 1. The molecule has 0 atom stereocenters. The minimum absolute atomic E-state index is 0.0301. The zero-order chi connectivity index (χ0) is 18.8. The van der Waals surface area contributed by atoms with Gasteiger partial charge in [0.25, 0.3) is 5.91 Å². The first-order valence-electron chi connectivity index (χ1n) is 7.92. The monoisotopic (exact) mass is 347 g/mol. The Morgan fingerprint density at radius 2 is 1.88 bits per heavy atom. The second kappa shape index (κ2) is 9.51. The van der Waals surface area contributed by atoms with Crippen molar-refractivity contribution < 1.29 is 14.3 Å². The maximum Gasteiger partial charge on any atom is 0.266 e. The molecular weight excluding hydrogens is 330 g/mol. The molecule has 0 bridgehead atoms. The van der Waals surface area contributed by atoms with Crippen LogP contribution in [0, 0.1) is 22.7 Å². The van der Waals surface area contributed by atoms with Crippen LogP contribution in [0.4, 0.5) is 5.69 Å². The summed E-state index contributed by atoms with van der Waals surface area (Å²) >= 11 is 0. The molecule has 1 N–H and O–H groups in total. The van der Waals surface area contributed by atoms with Gasteiger partial charge in [0.15, 0.2) is 6.61 Å². The van der Waals surface area contributed by atoms with E-state index in [0.717, 1.165) is 0 Å². The largest absolute Gasteiger partial charge is 0.494 e. The normalized spacial score (nSPS) is 10.3. The molecule has 2 rings (SSSR count). The predicted octanol–water partition coefficient (Wildman–Crippen LogP) is 3.53. The molecule has 0 aliphatic carbocycles. The molecule has 2 aromatic rings. The van der Waals surface area contributed by atoms with Gasteiger partial charge in [-0.15, -0.1) is 0 Å². The first-order chi connectivity index (χ1) is 12.7. The van der Waals surface area contributed by atoms with Crippen LogP contribution >= 0.6 is 0 Å². The fourth-order valence-corrected chi connectivity index (χ4v) is 2.12. The molecule has 0 aliphatic heterocycles. The molecule has 0 saturated carbocycles. The molecule has 6 heteroatoms. The van der Waals surface area contributed by atoms with Crippen molar-refractivity contribution in [2.45, 2.75) is 6.92 Å². The van der Waals surface area contributed by atoms with Crippen molar-refractivity contribution in [3.63, 3.8) is 0 Å². The van der Waals surface area contributed by atoms with Gasteiger partial charge in [0, 0.05) is 11.8 Å². The van der Waals surface area contributed by atoms with Crippen molar-refractivity contribution in [1.29, 1.82) is 10.5 Å². The summed E-state index contributed by atoms with van der Waals surface area (Å²) < 4.78 is 10.5. The highest BCUT2D eigenvalue weighted by Gasteiger charge is 2.10. The molecular formula is C20H17N3O3. The fourth-order valence-electron chi connectivity index (χ4n) is 2.12. The Labute approximate surface area is 151 Å². The van der Waals surface area contributed by atoms with Crippen molar-refractivity contribution in [2.24, 2.45) is 0 Å². The van der Waals surface area contributed by atoms with Crippen molar-refractivity contribution in [2.75, 3.05) is 18.5 Å². The van der Waals surface area contributed by atoms with E-state index < -0.39 is 5.91 Å². The lowest BCUT2D eigenvalue weighted by Crippen LogP contribution is -2.13. The van der Waals surface area contributed by atoms with Gasteiger partial charge in [0.1, 0.15) is 29.2 Å². The van der Waals surface area contributed by atoms with E-state index in [9.17, 15) is 10.1 Å². The number of carbonyl (C=O) groups excluding carboxylic acids is 1. The number of benzene rings is 2. The van der Waals surface area contributed by atoms with E-state index in [1.807, 2.05) is 19.1 Å². The van der Waals surface area contributed by atoms with E-state index in [-0.39, 0.29) is 12.2 Å². The van der Waals surface area contributed by atoms with Crippen LogP contribution in [0.25, 0.3) is 6.08 Å². The number of amides is 1. The molecule has 0 unspecified atom stereocenters. The third kappa shape index (κ3) is 5.40. The summed E-state index contributed by atoms with van der Waals surface area (Å²) in [5.41, 5.74) is 1.18. The fraction of sp³-hybridized carbons (Fsp3) is 0.150.